The Morgan fingerprint density at radius 1 is 1.07 bits per heavy atom. The first-order valence-electron chi connectivity index (χ1n) is 8.70. The highest BCUT2D eigenvalue weighted by Crippen LogP contribution is 2.27. The topological polar surface area (TPSA) is 81.7 Å². The standard InChI is InChI=1S/C21H19NO5S/c1-26-21(25)17-11-14-5-2-3-6-15(14)12-18(17)27-19(23)7-4-9-22-20(24)16-8-10-28-13-16/h2-3,5-6,8,10-13H,4,7,9H2,1H3,(H,22,24). The van der Waals surface area contributed by atoms with Crippen LogP contribution in [0, 0.1) is 0 Å². The second-order valence-corrected chi connectivity index (χ2v) is 6.81. The number of ether oxygens (including phenoxy) is 2. The summed E-state index contributed by atoms with van der Waals surface area (Å²) in [7, 11) is 1.28. The SMILES string of the molecule is COC(=O)c1cc2ccccc2cc1OC(=O)CCCNC(=O)c1ccsc1. The van der Waals surface area contributed by atoms with Gasteiger partial charge in [0.05, 0.1) is 7.11 Å². The highest BCUT2D eigenvalue weighted by molar-refractivity contribution is 7.08. The minimum atomic E-state index is -0.573. The first kappa shape index (κ1) is 19.6. The lowest BCUT2D eigenvalue weighted by atomic mass is 10.1. The van der Waals surface area contributed by atoms with E-state index in [9.17, 15) is 14.4 Å². The van der Waals surface area contributed by atoms with Crippen LogP contribution in [-0.2, 0) is 9.53 Å². The van der Waals surface area contributed by atoms with Gasteiger partial charge in [-0.3, -0.25) is 9.59 Å². The van der Waals surface area contributed by atoms with E-state index in [1.54, 1.807) is 23.6 Å². The van der Waals surface area contributed by atoms with E-state index in [1.165, 1.54) is 18.4 Å². The maximum atomic E-state index is 12.2. The molecule has 0 aliphatic heterocycles. The van der Waals surface area contributed by atoms with Crippen LogP contribution >= 0.6 is 11.3 Å². The monoisotopic (exact) mass is 397 g/mol. The number of fused-ring (bicyclic) bond motifs is 1. The summed E-state index contributed by atoms with van der Waals surface area (Å²) < 4.78 is 10.2. The van der Waals surface area contributed by atoms with Crippen LogP contribution < -0.4 is 10.1 Å². The summed E-state index contributed by atoms with van der Waals surface area (Å²) >= 11 is 1.45. The predicted octanol–water partition coefficient (Wildman–Crippen LogP) is 3.80. The molecule has 1 heterocycles. The summed E-state index contributed by atoms with van der Waals surface area (Å²) in [5, 5.41) is 8.04. The average Bonchev–Trinajstić information content (AvgIpc) is 3.25. The summed E-state index contributed by atoms with van der Waals surface area (Å²) in [6, 6.07) is 12.5. The van der Waals surface area contributed by atoms with Crippen molar-refractivity contribution >= 4 is 40.0 Å². The Labute approximate surface area is 166 Å². The summed E-state index contributed by atoms with van der Waals surface area (Å²) in [6.45, 7) is 0.353. The van der Waals surface area contributed by atoms with Crippen LogP contribution in [0.5, 0.6) is 5.75 Å². The molecule has 0 bridgehead atoms. The molecule has 1 N–H and O–H groups in total. The number of hydrogen-bond donors (Lipinski definition) is 1. The van der Waals surface area contributed by atoms with Gasteiger partial charge < -0.3 is 14.8 Å². The number of carbonyl (C=O) groups is 3. The lowest BCUT2D eigenvalue weighted by Crippen LogP contribution is -2.24. The Morgan fingerprint density at radius 3 is 2.50 bits per heavy atom. The fraction of sp³-hybridized carbons (Fsp3) is 0.190. The zero-order chi connectivity index (χ0) is 19.9. The fourth-order valence-corrected chi connectivity index (χ4v) is 3.31. The summed E-state index contributed by atoms with van der Waals surface area (Å²) in [5.74, 6) is -1.06. The summed E-state index contributed by atoms with van der Waals surface area (Å²) in [6.07, 6.45) is 0.535. The van der Waals surface area contributed by atoms with Crippen LogP contribution in [0.3, 0.4) is 0 Å². The third-order valence-electron chi connectivity index (χ3n) is 4.10. The van der Waals surface area contributed by atoms with Gasteiger partial charge in [-0.15, -0.1) is 0 Å². The highest BCUT2D eigenvalue weighted by Gasteiger charge is 2.17. The predicted molar refractivity (Wildman–Crippen MR) is 107 cm³/mol. The molecule has 6 nitrogen and oxygen atoms in total. The molecule has 3 rings (SSSR count). The van der Waals surface area contributed by atoms with Gasteiger partial charge in [-0.05, 0) is 40.8 Å². The summed E-state index contributed by atoms with van der Waals surface area (Å²) in [4.78, 5) is 36.1. The Kier molecular flexibility index (Phi) is 6.39. The molecular weight excluding hydrogens is 378 g/mol. The first-order valence-corrected chi connectivity index (χ1v) is 9.65. The van der Waals surface area contributed by atoms with Crippen molar-refractivity contribution in [1.82, 2.24) is 5.32 Å². The maximum Gasteiger partial charge on any atom is 0.341 e. The lowest BCUT2D eigenvalue weighted by molar-refractivity contribution is -0.134. The zero-order valence-corrected chi connectivity index (χ0v) is 16.1. The summed E-state index contributed by atoms with van der Waals surface area (Å²) in [5.41, 5.74) is 0.798. The number of esters is 2. The largest absolute Gasteiger partial charge is 0.465 e. The van der Waals surface area contributed by atoms with Gasteiger partial charge in [0, 0.05) is 23.9 Å². The van der Waals surface area contributed by atoms with E-state index in [1.807, 2.05) is 29.6 Å². The molecule has 28 heavy (non-hydrogen) atoms. The van der Waals surface area contributed by atoms with Crippen LogP contribution in [0.1, 0.15) is 33.6 Å². The Hall–Kier alpha value is -3.19. The van der Waals surface area contributed by atoms with Crippen molar-refractivity contribution < 1.29 is 23.9 Å². The fourth-order valence-electron chi connectivity index (χ4n) is 2.68. The van der Waals surface area contributed by atoms with Gasteiger partial charge in [0.2, 0.25) is 0 Å². The Balaban J connectivity index is 1.60. The molecule has 1 amide bonds. The molecule has 0 unspecified atom stereocenters. The molecule has 0 spiro atoms. The number of methoxy groups -OCH3 is 1. The van der Waals surface area contributed by atoms with Gasteiger partial charge in [0.25, 0.3) is 5.91 Å². The van der Waals surface area contributed by atoms with Crippen LogP contribution in [0.4, 0.5) is 0 Å². The van der Waals surface area contributed by atoms with Crippen molar-refractivity contribution in [3.8, 4) is 5.75 Å². The number of nitrogens with one attached hydrogen (secondary N) is 1. The van der Waals surface area contributed by atoms with E-state index in [0.29, 0.717) is 18.5 Å². The minimum absolute atomic E-state index is 0.108. The molecule has 0 saturated carbocycles. The van der Waals surface area contributed by atoms with Gasteiger partial charge in [-0.2, -0.15) is 11.3 Å². The molecule has 0 atom stereocenters. The van der Waals surface area contributed by atoms with E-state index in [0.717, 1.165) is 10.8 Å². The molecule has 0 fully saturated rings. The smallest absolute Gasteiger partial charge is 0.341 e. The highest BCUT2D eigenvalue weighted by atomic mass is 32.1. The van der Waals surface area contributed by atoms with Crippen molar-refractivity contribution in [3.05, 3.63) is 64.4 Å². The van der Waals surface area contributed by atoms with E-state index in [-0.39, 0.29) is 23.6 Å². The number of carbonyl (C=O) groups excluding carboxylic acids is 3. The molecule has 2 aromatic carbocycles. The van der Waals surface area contributed by atoms with Crippen LogP contribution in [-0.4, -0.2) is 31.5 Å². The normalized spacial score (nSPS) is 10.5. The van der Waals surface area contributed by atoms with Crippen LogP contribution in [0.2, 0.25) is 0 Å². The number of rotatable bonds is 7. The van der Waals surface area contributed by atoms with Gasteiger partial charge in [0.1, 0.15) is 11.3 Å². The maximum absolute atomic E-state index is 12.2. The van der Waals surface area contributed by atoms with E-state index in [4.69, 9.17) is 9.47 Å². The van der Waals surface area contributed by atoms with Gasteiger partial charge in [0.15, 0.2) is 0 Å². The molecule has 1 aromatic heterocycles. The van der Waals surface area contributed by atoms with Gasteiger partial charge >= 0.3 is 11.9 Å². The Morgan fingerprint density at radius 2 is 1.82 bits per heavy atom. The molecule has 0 aliphatic carbocycles. The average molecular weight is 397 g/mol. The lowest BCUT2D eigenvalue weighted by Gasteiger charge is -2.11. The van der Waals surface area contributed by atoms with Gasteiger partial charge in [-0.1, -0.05) is 24.3 Å². The molecule has 7 heteroatoms. The number of hydrogen-bond acceptors (Lipinski definition) is 6. The number of amides is 1. The second kappa shape index (κ2) is 9.14. The zero-order valence-electron chi connectivity index (χ0n) is 15.3. The van der Waals surface area contributed by atoms with E-state index in [2.05, 4.69) is 5.32 Å². The van der Waals surface area contributed by atoms with Crippen molar-refractivity contribution in [2.75, 3.05) is 13.7 Å². The second-order valence-electron chi connectivity index (χ2n) is 6.03. The van der Waals surface area contributed by atoms with Crippen molar-refractivity contribution in [2.45, 2.75) is 12.8 Å². The van der Waals surface area contributed by atoms with Crippen molar-refractivity contribution in [2.24, 2.45) is 0 Å². The quantitative estimate of drug-likeness (QED) is 0.373. The molecule has 0 saturated heterocycles. The van der Waals surface area contributed by atoms with E-state index < -0.39 is 11.9 Å². The molecule has 144 valence electrons. The number of thiophene rings is 1. The number of benzene rings is 2. The molecular formula is C21H19NO5S. The van der Waals surface area contributed by atoms with Crippen molar-refractivity contribution in [3.63, 3.8) is 0 Å². The molecule has 0 aliphatic rings. The third kappa shape index (κ3) is 4.75. The van der Waals surface area contributed by atoms with Crippen LogP contribution in [0.25, 0.3) is 10.8 Å². The van der Waals surface area contributed by atoms with Crippen LogP contribution in [0.15, 0.2) is 53.2 Å². The Bertz CT molecular complexity index is 997. The minimum Gasteiger partial charge on any atom is -0.465 e. The molecule has 3 aromatic rings. The third-order valence-corrected chi connectivity index (χ3v) is 4.79. The van der Waals surface area contributed by atoms with Gasteiger partial charge in [-0.25, -0.2) is 4.79 Å². The first-order chi connectivity index (χ1) is 13.6. The van der Waals surface area contributed by atoms with Crippen molar-refractivity contribution in [1.29, 1.82) is 0 Å². The van der Waals surface area contributed by atoms with E-state index >= 15 is 0 Å². The molecule has 0 radical (unpaired) electrons.